The molecule has 1 amide bonds. The van der Waals surface area contributed by atoms with Gasteiger partial charge >= 0.3 is 0 Å². The number of hydrogen-bond donors (Lipinski definition) is 0. The third kappa shape index (κ3) is 12.3. The van der Waals surface area contributed by atoms with Crippen LogP contribution in [0.4, 0.5) is 0 Å². The van der Waals surface area contributed by atoms with Gasteiger partial charge in [0.25, 0.3) is 0 Å². The van der Waals surface area contributed by atoms with Gasteiger partial charge in [0.2, 0.25) is 5.91 Å². The molecule has 1 aliphatic heterocycles. The molecule has 158 valence electrons. The van der Waals surface area contributed by atoms with Crippen LogP contribution in [0.5, 0.6) is 0 Å². The standard InChI is InChI=1S/C24H45NO2/c1-4-5-6-7-8-9-10-11-12-13-15-22(2)16-14-17-23(3)24(26)25-18-20-27-21-19-25/h10-11,22-23H,4-9,12-21H2,1-3H3/b11-10+. The van der Waals surface area contributed by atoms with Crippen LogP contribution in [0, 0.1) is 11.8 Å². The van der Waals surface area contributed by atoms with E-state index >= 15 is 0 Å². The number of carbonyl (C=O) groups excluding carboxylic acids is 1. The Morgan fingerprint density at radius 2 is 1.52 bits per heavy atom. The first-order valence-corrected chi connectivity index (χ1v) is 11.7. The fourth-order valence-corrected chi connectivity index (χ4v) is 3.82. The van der Waals surface area contributed by atoms with Crippen molar-refractivity contribution in [1.82, 2.24) is 4.90 Å². The smallest absolute Gasteiger partial charge is 0.225 e. The molecular weight excluding hydrogens is 334 g/mol. The molecule has 3 heteroatoms. The molecule has 1 fully saturated rings. The van der Waals surface area contributed by atoms with E-state index in [1.807, 2.05) is 4.90 Å². The topological polar surface area (TPSA) is 29.5 Å². The molecule has 2 unspecified atom stereocenters. The molecule has 0 aromatic rings. The quantitative estimate of drug-likeness (QED) is 0.244. The maximum absolute atomic E-state index is 12.4. The zero-order valence-electron chi connectivity index (χ0n) is 18.4. The third-order valence-electron chi connectivity index (χ3n) is 5.79. The molecule has 1 rings (SSSR count). The number of carbonyl (C=O) groups is 1. The minimum Gasteiger partial charge on any atom is -0.378 e. The van der Waals surface area contributed by atoms with Crippen molar-refractivity contribution in [3.8, 4) is 0 Å². The summed E-state index contributed by atoms with van der Waals surface area (Å²) in [6, 6.07) is 0. The van der Waals surface area contributed by atoms with Gasteiger partial charge in [0.15, 0.2) is 0 Å². The van der Waals surface area contributed by atoms with Gasteiger partial charge in [0, 0.05) is 19.0 Å². The van der Waals surface area contributed by atoms with Crippen molar-refractivity contribution in [1.29, 1.82) is 0 Å². The number of amides is 1. The Bertz CT molecular complexity index is 388. The number of ether oxygens (including phenoxy) is 1. The van der Waals surface area contributed by atoms with Crippen LogP contribution < -0.4 is 0 Å². The summed E-state index contributed by atoms with van der Waals surface area (Å²) < 4.78 is 5.33. The lowest BCUT2D eigenvalue weighted by molar-refractivity contribution is -0.139. The van der Waals surface area contributed by atoms with Crippen LogP contribution in [0.2, 0.25) is 0 Å². The van der Waals surface area contributed by atoms with E-state index in [0.717, 1.165) is 25.4 Å². The van der Waals surface area contributed by atoms with Gasteiger partial charge in [-0.15, -0.1) is 0 Å². The molecule has 3 nitrogen and oxygen atoms in total. The summed E-state index contributed by atoms with van der Waals surface area (Å²) >= 11 is 0. The molecule has 0 aromatic heterocycles. The average molecular weight is 380 g/mol. The summed E-state index contributed by atoms with van der Waals surface area (Å²) in [5.41, 5.74) is 0. The largest absolute Gasteiger partial charge is 0.378 e. The predicted molar refractivity (Wildman–Crippen MR) is 116 cm³/mol. The van der Waals surface area contributed by atoms with E-state index in [-0.39, 0.29) is 5.92 Å². The van der Waals surface area contributed by atoms with E-state index in [1.54, 1.807) is 0 Å². The van der Waals surface area contributed by atoms with Crippen LogP contribution in [0.3, 0.4) is 0 Å². The first-order chi connectivity index (χ1) is 13.1. The first kappa shape index (κ1) is 24.2. The van der Waals surface area contributed by atoms with E-state index in [0.29, 0.717) is 19.1 Å². The fourth-order valence-electron chi connectivity index (χ4n) is 3.82. The number of allylic oxidation sites excluding steroid dienone is 2. The monoisotopic (exact) mass is 379 g/mol. The molecule has 27 heavy (non-hydrogen) atoms. The van der Waals surface area contributed by atoms with Gasteiger partial charge < -0.3 is 9.64 Å². The Labute approximate surface area is 168 Å². The molecule has 1 heterocycles. The highest BCUT2D eigenvalue weighted by Crippen LogP contribution is 2.19. The second-order valence-corrected chi connectivity index (χ2v) is 8.48. The Morgan fingerprint density at radius 1 is 0.889 bits per heavy atom. The maximum Gasteiger partial charge on any atom is 0.225 e. The molecule has 0 saturated carbocycles. The van der Waals surface area contributed by atoms with Crippen LogP contribution >= 0.6 is 0 Å². The second kappa shape index (κ2) is 16.2. The van der Waals surface area contributed by atoms with Crippen molar-refractivity contribution in [2.45, 2.75) is 97.8 Å². The number of hydrogen-bond acceptors (Lipinski definition) is 2. The van der Waals surface area contributed by atoms with Gasteiger partial charge in [-0.05, 0) is 38.0 Å². The highest BCUT2D eigenvalue weighted by molar-refractivity contribution is 5.78. The molecule has 2 atom stereocenters. The van der Waals surface area contributed by atoms with Gasteiger partial charge in [-0.2, -0.15) is 0 Å². The van der Waals surface area contributed by atoms with Gasteiger partial charge in [0.1, 0.15) is 0 Å². The van der Waals surface area contributed by atoms with Crippen molar-refractivity contribution >= 4 is 5.91 Å². The molecule has 0 spiro atoms. The van der Waals surface area contributed by atoms with Gasteiger partial charge in [-0.25, -0.2) is 0 Å². The van der Waals surface area contributed by atoms with Crippen LogP contribution in [-0.2, 0) is 9.53 Å². The second-order valence-electron chi connectivity index (χ2n) is 8.48. The lowest BCUT2D eigenvalue weighted by Gasteiger charge is -2.29. The molecule has 1 aliphatic rings. The van der Waals surface area contributed by atoms with E-state index in [2.05, 4.69) is 32.9 Å². The Balaban J connectivity index is 1.97. The summed E-state index contributed by atoms with van der Waals surface area (Å²) in [5, 5.41) is 0. The van der Waals surface area contributed by atoms with Crippen molar-refractivity contribution in [3.05, 3.63) is 12.2 Å². The summed E-state index contributed by atoms with van der Waals surface area (Å²) in [7, 11) is 0. The fraction of sp³-hybridized carbons (Fsp3) is 0.875. The zero-order chi connectivity index (χ0) is 19.7. The highest BCUT2D eigenvalue weighted by atomic mass is 16.5. The number of nitrogens with zero attached hydrogens (tertiary/aromatic N) is 1. The van der Waals surface area contributed by atoms with Gasteiger partial charge in [-0.3, -0.25) is 4.79 Å². The first-order valence-electron chi connectivity index (χ1n) is 11.7. The van der Waals surface area contributed by atoms with E-state index in [9.17, 15) is 4.79 Å². The Kier molecular flexibility index (Phi) is 14.5. The number of morpholine rings is 1. The lowest BCUT2D eigenvalue weighted by atomic mass is 9.94. The SMILES string of the molecule is CCCCCCC/C=C/CCCC(C)CCCC(C)C(=O)N1CCOCC1. The van der Waals surface area contributed by atoms with Crippen molar-refractivity contribution in [2.24, 2.45) is 11.8 Å². The molecule has 0 radical (unpaired) electrons. The Morgan fingerprint density at radius 3 is 2.22 bits per heavy atom. The molecular formula is C24H45NO2. The molecule has 0 N–H and O–H groups in total. The number of unbranched alkanes of at least 4 members (excludes halogenated alkanes) is 6. The van der Waals surface area contributed by atoms with Crippen molar-refractivity contribution in [2.75, 3.05) is 26.3 Å². The summed E-state index contributed by atoms with van der Waals surface area (Å²) in [6.07, 6.45) is 20.2. The molecule has 0 bridgehead atoms. The summed E-state index contributed by atoms with van der Waals surface area (Å²) in [6.45, 7) is 9.66. The minimum absolute atomic E-state index is 0.163. The van der Waals surface area contributed by atoms with E-state index in [1.165, 1.54) is 70.6 Å². The lowest BCUT2D eigenvalue weighted by Crippen LogP contribution is -2.43. The summed E-state index contributed by atoms with van der Waals surface area (Å²) in [4.78, 5) is 14.4. The van der Waals surface area contributed by atoms with Crippen LogP contribution in [0.25, 0.3) is 0 Å². The van der Waals surface area contributed by atoms with Crippen LogP contribution in [0.15, 0.2) is 12.2 Å². The highest BCUT2D eigenvalue weighted by Gasteiger charge is 2.22. The predicted octanol–water partition coefficient (Wildman–Crippen LogP) is 6.37. The van der Waals surface area contributed by atoms with E-state index in [4.69, 9.17) is 4.74 Å². The average Bonchev–Trinajstić information content (AvgIpc) is 2.69. The molecule has 0 aromatic carbocycles. The van der Waals surface area contributed by atoms with Gasteiger partial charge in [-0.1, -0.05) is 77.9 Å². The molecule has 0 aliphatic carbocycles. The Hall–Kier alpha value is -0.830. The van der Waals surface area contributed by atoms with Crippen LogP contribution in [0.1, 0.15) is 97.8 Å². The van der Waals surface area contributed by atoms with Crippen molar-refractivity contribution in [3.63, 3.8) is 0 Å². The normalized spacial score (nSPS) is 17.4. The van der Waals surface area contributed by atoms with E-state index < -0.39 is 0 Å². The maximum atomic E-state index is 12.4. The number of rotatable bonds is 15. The third-order valence-corrected chi connectivity index (χ3v) is 5.79. The van der Waals surface area contributed by atoms with Crippen molar-refractivity contribution < 1.29 is 9.53 Å². The van der Waals surface area contributed by atoms with Crippen LogP contribution in [-0.4, -0.2) is 37.1 Å². The summed E-state index contributed by atoms with van der Waals surface area (Å²) in [5.74, 6) is 1.26. The zero-order valence-corrected chi connectivity index (χ0v) is 18.4. The molecule has 1 saturated heterocycles. The minimum atomic E-state index is 0.163. The van der Waals surface area contributed by atoms with Gasteiger partial charge in [0.05, 0.1) is 13.2 Å².